The third-order valence-electron chi connectivity index (χ3n) is 6.01. The van der Waals surface area contributed by atoms with Gasteiger partial charge in [-0.1, -0.05) is 45.7 Å². The lowest BCUT2D eigenvalue weighted by Crippen LogP contribution is -2.39. The predicted octanol–water partition coefficient (Wildman–Crippen LogP) is 5.15. The Hall–Kier alpha value is -2.83. The maximum atomic E-state index is 13.2. The van der Waals surface area contributed by atoms with Crippen molar-refractivity contribution in [1.29, 1.82) is 0 Å². The predicted molar refractivity (Wildman–Crippen MR) is 118 cm³/mol. The Morgan fingerprint density at radius 2 is 1.90 bits per heavy atom. The number of nitro groups is 1. The largest absolute Gasteiger partial charge is 0.465 e. The number of benzene rings is 1. The third kappa shape index (κ3) is 4.92. The molecule has 0 spiro atoms. The van der Waals surface area contributed by atoms with Gasteiger partial charge in [-0.3, -0.25) is 24.7 Å². The molecule has 1 aliphatic carbocycles. The van der Waals surface area contributed by atoms with Crippen LogP contribution in [0, 0.1) is 21.4 Å². The van der Waals surface area contributed by atoms with E-state index in [2.05, 4.69) is 11.9 Å². The number of carbonyl (C=O) groups is 2. The van der Waals surface area contributed by atoms with Crippen LogP contribution in [0.15, 0.2) is 40.5 Å². The lowest BCUT2D eigenvalue weighted by molar-refractivity contribution is -0.384. The van der Waals surface area contributed by atoms with E-state index >= 15 is 0 Å². The topological polar surface area (TPSA) is 98.9 Å². The van der Waals surface area contributed by atoms with Crippen molar-refractivity contribution in [3.8, 4) is 0 Å². The molecule has 2 aliphatic rings. The summed E-state index contributed by atoms with van der Waals surface area (Å²) in [5.41, 5.74) is 2.34. The molecule has 0 fully saturated rings. The summed E-state index contributed by atoms with van der Waals surface area (Å²) < 4.78 is 5.56. The number of ether oxygens (including phenoxy) is 1. The quantitative estimate of drug-likeness (QED) is 0.260. The number of non-ortho nitro benzene ring substituents is 1. The van der Waals surface area contributed by atoms with Crippen molar-refractivity contribution in [2.75, 3.05) is 6.61 Å². The van der Waals surface area contributed by atoms with E-state index in [1.807, 2.05) is 13.8 Å². The van der Waals surface area contributed by atoms with E-state index in [1.54, 1.807) is 19.1 Å². The number of hydrogen-bond acceptors (Lipinski definition) is 6. The maximum Gasteiger partial charge on any atom is 0.315 e. The molecule has 0 N–H and O–H groups in total. The van der Waals surface area contributed by atoms with Gasteiger partial charge in [0.15, 0.2) is 5.78 Å². The zero-order chi connectivity index (χ0) is 22.8. The highest BCUT2D eigenvalue weighted by atomic mass is 16.6. The number of hydrogen-bond donors (Lipinski definition) is 0. The van der Waals surface area contributed by atoms with E-state index in [4.69, 9.17) is 4.74 Å². The highest BCUT2D eigenvalue weighted by Gasteiger charge is 2.46. The molecule has 0 saturated carbocycles. The number of esters is 1. The van der Waals surface area contributed by atoms with Gasteiger partial charge in [0.25, 0.3) is 5.69 Å². The summed E-state index contributed by atoms with van der Waals surface area (Å²) in [6, 6.07) is 6.10. The first kappa shape index (κ1) is 22.8. The molecule has 7 nitrogen and oxygen atoms in total. The molecule has 7 heteroatoms. The molecular formula is C24H30N2O5. The van der Waals surface area contributed by atoms with Crippen LogP contribution in [0.3, 0.4) is 0 Å². The second-order valence-corrected chi connectivity index (χ2v) is 9.23. The normalized spacial score (nSPS) is 22.6. The number of Topliss-reactive ketones (excluding diaryl/α,β-unsaturated/α-hetero) is 1. The van der Waals surface area contributed by atoms with Crippen molar-refractivity contribution in [2.24, 2.45) is 16.3 Å². The van der Waals surface area contributed by atoms with Gasteiger partial charge in [0.1, 0.15) is 5.92 Å². The molecule has 0 bridgehead atoms. The summed E-state index contributed by atoms with van der Waals surface area (Å²) in [6.07, 6.45) is 3.80. The first-order valence-electron chi connectivity index (χ1n) is 10.9. The van der Waals surface area contributed by atoms with Crippen molar-refractivity contribution >= 4 is 23.2 Å². The molecule has 1 heterocycles. The van der Waals surface area contributed by atoms with E-state index in [0.29, 0.717) is 36.3 Å². The molecule has 0 amide bonds. The molecule has 166 valence electrons. The van der Waals surface area contributed by atoms with Gasteiger partial charge in [-0.2, -0.15) is 0 Å². The summed E-state index contributed by atoms with van der Waals surface area (Å²) in [4.78, 5) is 41.6. The zero-order valence-electron chi connectivity index (χ0n) is 18.6. The van der Waals surface area contributed by atoms with Crippen LogP contribution in [-0.4, -0.2) is 29.0 Å². The van der Waals surface area contributed by atoms with Crippen molar-refractivity contribution in [1.82, 2.24) is 0 Å². The average Bonchev–Trinajstić information content (AvgIpc) is 2.69. The molecule has 3 rings (SSSR count). The van der Waals surface area contributed by atoms with Gasteiger partial charge < -0.3 is 4.74 Å². The van der Waals surface area contributed by atoms with Crippen LogP contribution >= 0.6 is 0 Å². The summed E-state index contributed by atoms with van der Waals surface area (Å²) in [5.74, 6) is -1.68. The van der Waals surface area contributed by atoms with Crippen molar-refractivity contribution in [2.45, 2.75) is 65.7 Å². The summed E-state index contributed by atoms with van der Waals surface area (Å²) in [6.45, 7) is 8.28. The Bertz CT molecular complexity index is 943. The van der Waals surface area contributed by atoms with E-state index < -0.39 is 22.7 Å². The van der Waals surface area contributed by atoms with Gasteiger partial charge in [-0.25, -0.2) is 0 Å². The fourth-order valence-corrected chi connectivity index (χ4v) is 4.53. The summed E-state index contributed by atoms with van der Waals surface area (Å²) >= 11 is 0. The van der Waals surface area contributed by atoms with Crippen LogP contribution in [-0.2, 0) is 14.3 Å². The highest BCUT2D eigenvalue weighted by molar-refractivity contribution is 6.09. The molecule has 1 unspecified atom stereocenters. The number of ketones is 1. The second-order valence-electron chi connectivity index (χ2n) is 9.23. The number of allylic oxidation sites excluding steroid dienone is 2. The van der Waals surface area contributed by atoms with E-state index in [1.165, 1.54) is 12.1 Å². The Morgan fingerprint density at radius 1 is 1.23 bits per heavy atom. The van der Waals surface area contributed by atoms with Crippen LogP contribution in [0.4, 0.5) is 5.69 Å². The van der Waals surface area contributed by atoms with E-state index in [9.17, 15) is 19.7 Å². The third-order valence-corrected chi connectivity index (χ3v) is 6.01. The summed E-state index contributed by atoms with van der Waals surface area (Å²) in [5, 5.41) is 11.1. The zero-order valence-corrected chi connectivity index (χ0v) is 18.6. The number of rotatable bonds is 7. The number of carbonyl (C=O) groups excluding carboxylic acids is 2. The van der Waals surface area contributed by atoms with Gasteiger partial charge in [-0.15, -0.1) is 0 Å². The van der Waals surface area contributed by atoms with Gasteiger partial charge in [-0.05, 0) is 30.7 Å². The van der Waals surface area contributed by atoms with Crippen LogP contribution in [0.1, 0.15) is 71.3 Å². The van der Waals surface area contributed by atoms with Gasteiger partial charge in [0, 0.05) is 41.5 Å². The van der Waals surface area contributed by atoms with Crippen molar-refractivity contribution in [3.05, 3.63) is 51.2 Å². The highest BCUT2D eigenvalue weighted by Crippen LogP contribution is 2.48. The molecule has 0 radical (unpaired) electrons. The summed E-state index contributed by atoms with van der Waals surface area (Å²) in [7, 11) is 0. The Morgan fingerprint density at radius 3 is 2.52 bits per heavy atom. The molecule has 1 aromatic carbocycles. The molecule has 1 aliphatic heterocycles. The molecule has 1 aromatic rings. The molecule has 0 aromatic heterocycles. The van der Waals surface area contributed by atoms with Gasteiger partial charge in [0.05, 0.1) is 11.5 Å². The van der Waals surface area contributed by atoms with E-state index in [-0.39, 0.29) is 16.9 Å². The minimum absolute atomic E-state index is 0.0189. The molecular weight excluding hydrogens is 396 g/mol. The Kier molecular flexibility index (Phi) is 6.72. The van der Waals surface area contributed by atoms with Crippen molar-refractivity contribution in [3.63, 3.8) is 0 Å². The lowest BCUT2D eigenvalue weighted by Gasteiger charge is -2.39. The smallest absolute Gasteiger partial charge is 0.315 e. The lowest BCUT2D eigenvalue weighted by atomic mass is 9.67. The number of nitrogens with zero attached hydrogens (tertiary/aromatic N) is 2. The number of unbranched alkanes of at least 4 members (excludes halogenated alkanes) is 2. The minimum Gasteiger partial charge on any atom is -0.465 e. The number of aliphatic imine (C=N–C) groups is 1. The first-order chi connectivity index (χ1) is 14.6. The SMILES string of the molecule is CCCCCOC(=O)C1C(C)=NC2=C(C(=O)CC(C)(C)C2)[C@H]1c1ccc([N+](=O)[O-])cc1. The molecule has 0 saturated heterocycles. The first-order valence-corrected chi connectivity index (χ1v) is 10.9. The van der Waals surface area contributed by atoms with Crippen LogP contribution < -0.4 is 0 Å². The Balaban J connectivity index is 2.03. The van der Waals surface area contributed by atoms with Crippen LogP contribution in [0.25, 0.3) is 0 Å². The van der Waals surface area contributed by atoms with E-state index in [0.717, 1.165) is 25.0 Å². The van der Waals surface area contributed by atoms with Crippen LogP contribution in [0.5, 0.6) is 0 Å². The fourth-order valence-electron chi connectivity index (χ4n) is 4.53. The standard InChI is InChI=1S/C24H30N2O5/c1-5-6-7-12-31-23(28)20-15(2)25-18-13-24(3,4)14-19(27)22(18)21(20)16-8-10-17(11-9-16)26(29)30/h8-11,20-21H,5-7,12-14H2,1-4H3/t20?,21-/m0/s1. The Labute approximate surface area is 182 Å². The molecule has 31 heavy (non-hydrogen) atoms. The second kappa shape index (κ2) is 9.12. The van der Waals surface area contributed by atoms with Crippen LogP contribution in [0.2, 0.25) is 0 Å². The van der Waals surface area contributed by atoms with Gasteiger partial charge >= 0.3 is 5.97 Å². The minimum atomic E-state index is -0.716. The van der Waals surface area contributed by atoms with Gasteiger partial charge in [0.2, 0.25) is 0 Å². The monoisotopic (exact) mass is 426 g/mol. The van der Waals surface area contributed by atoms with Crippen molar-refractivity contribution < 1.29 is 19.2 Å². The maximum absolute atomic E-state index is 13.2. The fraction of sp³-hybridized carbons (Fsp3) is 0.542. The average molecular weight is 427 g/mol. The molecule has 2 atom stereocenters. The number of nitro benzene ring substituents is 1.